The van der Waals surface area contributed by atoms with Gasteiger partial charge in [0.25, 0.3) is 0 Å². The normalized spacial score (nSPS) is 23.9. The largest absolute Gasteiger partial charge is 0.478 e. The average molecular weight is 304 g/mol. The molecule has 0 spiro atoms. The molecule has 5 heteroatoms. The van der Waals surface area contributed by atoms with Gasteiger partial charge < -0.3 is 9.47 Å². The molecule has 0 N–H and O–H groups in total. The van der Waals surface area contributed by atoms with Gasteiger partial charge in [-0.05, 0) is 35.3 Å². The smallest absolute Gasteiger partial charge is 0.217 e. The zero-order valence-corrected chi connectivity index (χ0v) is 11.3. The molecule has 1 atom stereocenters. The van der Waals surface area contributed by atoms with Crippen molar-refractivity contribution >= 4 is 15.9 Å². The summed E-state index contributed by atoms with van der Waals surface area (Å²) in [5.41, 5.74) is 0.204. The van der Waals surface area contributed by atoms with Crippen LogP contribution in [-0.4, -0.2) is 31.5 Å². The van der Waals surface area contributed by atoms with E-state index in [0.717, 1.165) is 10.0 Å². The summed E-state index contributed by atoms with van der Waals surface area (Å²) in [5.74, 6) is 0.513. The first-order valence-electron chi connectivity index (χ1n) is 5.64. The fourth-order valence-corrected chi connectivity index (χ4v) is 2.39. The van der Waals surface area contributed by atoms with Crippen LogP contribution in [0.5, 0.6) is 5.88 Å². The number of pyridine rings is 1. The minimum absolute atomic E-state index is 0.391. The molecule has 3 nitrogen and oxygen atoms in total. The zero-order chi connectivity index (χ0) is 12.3. The van der Waals surface area contributed by atoms with Gasteiger partial charge in [0.2, 0.25) is 5.88 Å². The van der Waals surface area contributed by atoms with E-state index in [1.54, 1.807) is 6.20 Å². The third kappa shape index (κ3) is 2.45. The van der Waals surface area contributed by atoms with Gasteiger partial charge in [-0.15, -0.1) is 0 Å². The number of hydrogen-bond donors (Lipinski definition) is 0. The summed E-state index contributed by atoms with van der Waals surface area (Å²) in [6.07, 6.45) is 2.33. The average Bonchev–Trinajstić information content (AvgIpc) is 2.81. The minimum Gasteiger partial charge on any atom is -0.478 e. The van der Waals surface area contributed by atoms with Crippen molar-refractivity contribution in [1.82, 2.24) is 4.98 Å². The van der Waals surface area contributed by atoms with Gasteiger partial charge >= 0.3 is 0 Å². The van der Waals surface area contributed by atoms with Crippen molar-refractivity contribution in [3.05, 3.63) is 22.3 Å². The van der Waals surface area contributed by atoms with Gasteiger partial charge in [0.05, 0.1) is 18.6 Å². The molecule has 0 amide bonds. The Morgan fingerprint density at radius 1 is 1.65 bits per heavy atom. The van der Waals surface area contributed by atoms with Crippen LogP contribution in [0.4, 0.5) is 4.39 Å². The molecule has 0 aromatic carbocycles. The van der Waals surface area contributed by atoms with Gasteiger partial charge in [-0.25, -0.2) is 4.98 Å². The molecule has 1 saturated heterocycles. The fraction of sp³-hybridized carbons (Fsp3) is 0.583. The van der Waals surface area contributed by atoms with E-state index in [0.29, 0.717) is 32.1 Å². The molecule has 0 aliphatic carbocycles. The Balaban J connectivity index is 2.43. The summed E-state index contributed by atoms with van der Waals surface area (Å²) in [5, 5.41) is 0. The number of hydrogen-bond acceptors (Lipinski definition) is 3. The van der Waals surface area contributed by atoms with Crippen molar-refractivity contribution in [2.75, 3.05) is 26.5 Å². The Morgan fingerprint density at radius 2 is 2.47 bits per heavy atom. The van der Waals surface area contributed by atoms with Crippen LogP contribution in [0.2, 0.25) is 0 Å². The number of alkyl halides is 1. The summed E-state index contributed by atoms with van der Waals surface area (Å²) in [6, 6.07) is 1.88. The third-order valence-electron chi connectivity index (χ3n) is 3.03. The van der Waals surface area contributed by atoms with Gasteiger partial charge in [0.15, 0.2) is 0 Å². The number of aromatic nitrogens is 1. The number of rotatable bonds is 4. The Kier molecular flexibility index (Phi) is 3.99. The van der Waals surface area contributed by atoms with Gasteiger partial charge in [-0.2, -0.15) is 0 Å². The second-order valence-electron chi connectivity index (χ2n) is 4.16. The highest BCUT2D eigenvalue weighted by molar-refractivity contribution is 9.10. The van der Waals surface area contributed by atoms with Crippen molar-refractivity contribution < 1.29 is 13.9 Å². The monoisotopic (exact) mass is 303 g/mol. The van der Waals surface area contributed by atoms with Crippen LogP contribution >= 0.6 is 15.9 Å². The standard InChI is InChI=1S/C12H15BrFNO2/c1-2-17-11-10(5-9(13)6-15-11)12(7-14)3-4-16-8-12/h5-6H,2-4,7-8H2,1H3/t12-/m1/s1. The van der Waals surface area contributed by atoms with Crippen molar-refractivity contribution in [2.24, 2.45) is 0 Å². The molecule has 1 fully saturated rings. The van der Waals surface area contributed by atoms with Crippen LogP contribution in [0.25, 0.3) is 0 Å². The lowest BCUT2D eigenvalue weighted by Crippen LogP contribution is -2.30. The number of ether oxygens (including phenoxy) is 2. The third-order valence-corrected chi connectivity index (χ3v) is 3.46. The Hall–Kier alpha value is -0.680. The predicted octanol–water partition coefficient (Wildman–Crippen LogP) is 2.87. The van der Waals surface area contributed by atoms with E-state index in [9.17, 15) is 4.39 Å². The first-order chi connectivity index (χ1) is 8.22. The Bertz CT molecular complexity index is 394. The molecule has 94 valence electrons. The summed E-state index contributed by atoms with van der Waals surface area (Å²) < 4.78 is 25.1. The van der Waals surface area contributed by atoms with E-state index in [-0.39, 0.29) is 0 Å². The molecule has 2 rings (SSSR count). The number of nitrogens with zero attached hydrogens (tertiary/aromatic N) is 1. The van der Waals surface area contributed by atoms with Crippen LogP contribution in [0.3, 0.4) is 0 Å². The van der Waals surface area contributed by atoms with Crippen molar-refractivity contribution in [3.63, 3.8) is 0 Å². The van der Waals surface area contributed by atoms with Crippen molar-refractivity contribution in [1.29, 1.82) is 0 Å². The maximum Gasteiger partial charge on any atom is 0.217 e. The van der Waals surface area contributed by atoms with E-state index in [2.05, 4.69) is 20.9 Å². The highest BCUT2D eigenvalue weighted by atomic mass is 79.9. The second-order valence-corrected chi connectivity index (χ2v) is 5.07. The van der Waals surface area contributed by atoms with Gasteiger partial charge in [0, 0.05) is 22.8 Å². The van der Waals surface area contributed by atoms with E-state index < -0.39 is 12.1 Å². The number of halogens is 2. The SMILES string of the molecule is CCOc1ncc(Br)cc1[C@@]1(CF)CCOC1. The molecular formula is C12H15BrFNO2. The summed E-state index contributed by atoms with van der Waals surface area (Å²) >= 11 is 3.37. The molecule has 0 unspecified atom stereocenters. The van der Waals surface area contributed by atoms with Crippen LogP contribution < -0.4 is 4.74 Å². The predicted molar refractivity (Wildman–Crippen MR) is 66.2 cm³/mol. The van der Waals surface area contributed by atoms with Gasteiger partial charge in [0.1, 0.15) is 6.67 Å². The molecule has 1 aromatic rings. The van der Waals surface area contributed by atoms with Gasteiger partial charge in [-0.3, -0.25) is 4.39 Å². The van der Waals surface area contributed by atoms with Crippen LogP contribution in [0.15, 0.2) is 16.7 Å². The quantitative estimate of drug-likeness (QED) is 0.857. The first-order valence-corrected chi connectivity index (χ1v) is 6.43. The molecular weight excluding hydrogens is 289 g/mol. The Labute approximate surface area is 108 Å². The van der Waals surface area contributed by atoms with Crippen LogP contribution in [0.1, 0.15) is 18.9 Å². The van der Waals surface area contributed by atoms with E-state index >= 15 is 0 Å². The molecule has 0 radical (unpaired) electrons. The fourth-order valence-electron chi connectivity index (χ4n) is 2.06. The topological polar surface area (TPSA) is 31.4 Å². The maximum atomic E-state index is 13.4. The van der Waals surface area contributed by atoms with E-state index in [4.69, 9.17) is 9.47 Å². The van der Waals surface area contributed by atoms with E-state index in [1.165, 1.54) is 0 Å². The van der Waals surface area contributed by atoms with Crippen LogP contribution in [0, 0.1) is 0 Å². The van der Waals surface area contributed by atoms with Crippen LogP contribution in [-0.2, 0) is 10.2 Å². The molecule has 1 aliphatic heterocycles. The maximum absolute atomic E-state index is 13.4. The highest BCUT2D eigenvalue weighted by Crippen LogP contribution is 2.39. The first kappa shape index (κ1) is 12.8. The molecule has 0 bridgehead atoms. The summed E-state index contributed by atoms with van der Waals surface area (Å²) in [7, 11) is 0. The lowest BCUT2D eigenvalue weighted by atomic mass is 9.81. The Morgan fingerprint density at radius 3 is 3.06 bits per heavy atom. The zero-order valence-electron chi connectivity index (χ0n) is 9.71. The minimum atomic E-state index is -0.596. The van der Waals surface area contributed by atoms with Crippen molar-refractivity contribution in [3.8, 4) is 5.88 Å². The van der Waals surface area contributed by atoms with E-state index in [1.807, 2.05) is 13.0 Å². The lowest BCUT2D eigenvalue weighted by molar-refractivity contribution is 0.164. The molecule has 1 aliphatic rings. The summed E-state index contributed by atoms with van der Waals surface area (Å²) in [4.78, 5) is 4.21. The highest BCUT2D eigenvalue weighted by Gasteiger charge is 2.40. The molecule has 2 heterocycles. The molecule has 1 aromatic heterocycles. The molecule has 0 saturated carbocycles. The summed E-state index contributed by atoms with van der Waals surface area (Å²) in [6.45, 7) is 2.93. The lowest BCUT2D eigenvalue weighted by Gasteiger charge is -2.25. The second kappa shape index (κ2) is 5.31. The molecule has 17 heavy (non-hydrogen) atoms. The van der Waals surface area contributed by atoms with Crippen molar-refractivity contribution in [2.45, 2.75) is 18.8 Å². The van der Waals surface area contributed by atoms with Gasteiger partial charge in [-0.1, -0.05) is 0 Å².